The lowest BCUT2D eigenvalue weighted by Crippen LogP contribution is -2.45. The van der Waals surface area contributed by atoms with E-state index in [0.717, 1.165) is 0 Å². The van der Waals surface area contributed by atoms with E-state index in [9.17, 15) is 0 Å². The summed E-state index contributed by atoms with van der Waals surface area (Å²) in [6, 6.07) is 1.26. The van der Waals surface area contributed by atoms with Crippen LogP contribution in [-0.4, -0.2) is 34.2 Å². The van der Waals surface area contributed by atoms with Gasteiger partial charge in [-0.15, -0.1) is 0 Å². The van der Waals surface area contributed by atoms with Crippen LogP contribution < -0.4 is 0 Å². The second-order valence-electron chi connectivity index (χ2n) is 3.21. The van der Waals surface area contributed by atoms with E-state index in [-0.39, 0.29) is 0 Å². The first kappa shape index (κ1) is 10.7. The van der Waals surface area contributed by atoms with E-state index in [1.165, 1.54) is 9.76 Å². The van der Waals surface area contributed by atoms with E-state index in [1.54, 1.807) is 0 Å². The molecule has 0 aromatic heterocycles. The highest BCUT2D eigenvalue weighted by atomic mass is 35.6. The zero-order valence-electron chi connectivity index (χ0n) is 7.56. The van der Waals surface area contributed by atoms with Gasteiger partial charge < -0.3 is 4.57 Å². The maximum absolute atomic E-state index is 6.16. The van der Waals surface area contributed by atoms with Gasteiger partial charge in [0.1, 0.15) is 0 Å². The number of nitrogens with zero attached hydrogens (tertiary/aromatic N) is 1. The topological polar surface area (TPSA) is 3.24 Å². The van der Waals surface area contributed by atoms with Gasteiger partial charge >= 0.3 is 0 Å². The van der Waals surface area contributed by atoms with E-state index in [4.69, 9.17) is 11.1 Å². The monoisotopic (exact) mass is 195 g/mol. The maximum Gasteiger partial charge on any atom is 0.190 e. The van der Waals surface area contributed by atoms with Gasteiger partial charge in [0.25, 0.3) is 0 Å². The lowest BCUT2D eigenvalue weighted by atomic mass is 10.3. The lowest BCUT2D eigenvalue weighted by Gasteiger charge is -2.32. The minimum atomic E-state index is -0.957. The molecule has 0 N–H and O–H groups in total. The first-order valence-electron chi connectivity index (χ1n) is 3.88. The Morgan fingerprint density at radius 1 is 1.20 bits per heavy atom. The number of hydrogen-bond donors (Lipinski definition) is 0. The maximum atomic E-state index is 6.16. The predicted molar refractivity (Wildman–Crippen MR) is 55.1 cm³/mol. The van der Waals surface area contributed by atoms with Crippen LogP contribution in [0.2, 0.25) is 0 Å². The van der Waals surface area contributed by atoms with E-state index in [0.29, 0.717) is 12.1 Å². The summed E-state index contributed by atoms with van der Waals surface area (Å²) in [5, 5.41) is 0. The average molecular weight is 196 g/mol. The van der Waals surface area contributed by atoms with Gasteiger partial charge in [-0.25, -0.2) is 0 Å². The van der Waals surface area contributed by atoms with Crippen molar-refractivity contribution in [1.29, 1.82) is 0 Å². The molecule has 0 saturated heterocycles. The van der Waals surface area contributed by atoms with Gasteiger partial charge in [-0.2, -0.15) is 11.1 Å². The molecule has 0 saturated carbocycles. The van der Waals surface area contributed by atoms with Crippen LogP contribution in [-0.2, 0) is 0 Å². The van der Waals surface area contributed by atoms with Crippen molar-refractivity contribution >= 4 is 28.6 Å². The second kappa shape index (κ2) is 4.54. The third-order valence-corrected chi connectivity index (χ3v) is 6.08. The Morgan fingerprint density at radius 3 is 1.50 bits per heavy atom. The van der Waals surface area contributed by atoms with Gasteiger partial charge in [-0.05, 0) is 12.1 Å². The Labute approximate surface area is 73.3 Å². The molecule has 0 aromatic rings. The van der Waals surface area contributed by atoms with Crippen LogP contribution in [0.25, 0.3) is 0 Å². The summed E-state index contributed by atoms with van der Waals surface area (Å²) in [5.74, 6) is 0. The zero-order valence-corrected chi connectivity index (χ0v) is 11.5. The van der Waals surface area contributed by atoms with Crippen molar-refractivity contribution < 1.29 is 0 Å². The lowest BCUT2D eigenvalue weighted by molar-refractivity contribution is 0.314. The average Bonchev–Trinajstić information content (AvgIpc) is 1.59. The Kier molecular flexibility index (Phi) is 4.85. The fourth-order valence-electron chi connectivity index (χ4n) is 1.42. The standard InChI is InChI=1S/C6H18ClNSi2/c1-5(2)8(6(3)4)10(7)9/h5-6,10H,1-4,9H3. The first-order valence-corrected chi connectivity index (χ1v) is 10.8. The summed E-state index contributed by atoms with van der Waals surface area (Å²) >= 11 is 6.16. The van der Waals surface area contributed by atoms with E-state index in [2.05, 4.69) is 32.3 Å². The minimum Gasteiger partial charge on any atom is -0.312 e. The molecule has 0 aliphatic heterocycles. The van der Waals surface area contributed by atoms with Crippen molar-refractivity contribution in [2.24, 2.45) is 0 Å². The summed E-state index contributed by atoms with van der Waals surface area (Å²) in [6.07, 6.45) is 0. The van der Waals surface area contributed by atoms with Crippen molar-refractivity contribution in [2.75, 3.05) is 0 Å². The van der Waals surface area contributed by atoms with Crippen molar-refractivity contribution in [3.63, 3.8) is 0 Å². The predicted octanol–water partition coefficient (Wildman–Crippen LogP) is 0.427. The molecule has 0 rings (SSSR count). The summed E-state index contributed by atoms with van der Waals surface area (Å²) in [7, 11) is 0.221. The molecule has 0 amide bonds. The molecule has 62 valence electrons. The molecule has 1 atom stereocenters. The van der Waals surface area contributed by atoms with Crippen molar-refractivity contribution in [1.82, 2.24) is 4.57 Å². The summed E-state index contributed by atoms with van der Waals surface area (Å²) < 4.78 is 2.47. The summed E-state index contributed by atoms with van der Waals surface area (Å²) in [5.41, 5.74) is 0. The molecule has 0 bridgehead atoms. The molecule has 10 heavy (non-hydrogen) atoms. The van der Waals surface area contributed by atoms with Crippen molar-refractivity contribution in [3.8, 4) is 0 Å². The molecule has 0 aromatic carbocycles. The van der Waals surface area contributed by atoms with E-state index >= 15 is 0 Å². The third-order valence-electron chi connectivity index (χ3n) is 1.60. The largest absolute Gasteiger partial charge is 0.312 e. The van der Waals surface area contributed by atoms with E-state index in [1.807, 2.05) is 0 Å². The van der Waals surface area contributed by atoms with Crippen LogP contribution in [0.1, 0.15) is 27.7 Å². The number of halogens is 1. The molecule has 1 nitrogen and oxygen atoms in total. The molecule has 0 radical (unpaired) electrons. The highest BCUT2D eigenvalue weighted by Crippen LogP contribution is 2.07. The van der Waals surface area contributed by atoms with Crippen LogP contribution >= 0.6 is 11.1 Å². The summed E-state index contributed by atoms with van der Waals surface area (Å²) in [6.45, 7) is 8.89. The van der Waals surface area contributed by atoms with Crippen LogP contribution in [0, 0.1) is 0 Å². The van der Waals surface area contributed by atoms with Crippen LogP contribution in [0.5, 0.6) is 0 Å². The van der Waals surface area contributed by atoms with Gasteiger partial charge in [0.15, 0.2) is 7.79 Å². The zero-order chi connectivity index (χ0) is 8.31. The molecule has 0 fully saturated rings. The quantitative estimate of drug-likeness (QED) is 0.467. The van der Waals surface area contributed by atoms with Crippen molar-refractivity contribution in [2.45, 2.75) is 39.8 Å². The number of hydrogen-bond acceptors (Lipinski definition) is 1. The molecule has 0 heterocycles. The van der Waals surface area contributed by atoms with Crippen LogP contribution in [0.15, 0.2) is 0 Å². The Morgan fingerprint density at radius 2 is 1.50 bits per heavy atom. The second-order valence-corrected chi connectivity index (χ2v) is 12.3. The molecular formula is C6H18ClNSi2. The highest BCUT2D eigenvalue weighted by molar-refractivity contribution is 7.30. The highest BCUT2D eigenvalue weighted by Gasteiger charge is 2.18. The Hall–Kier alpha value is 0.684. The molecule has 0 aliphatic rings. The number of rotatable bonds is 3. The van der Waals surface area contributed by atoms with Crippen molar-refractivity contribution in [3.05, 3.63) is 0 Å². The third kappa shape index (κ3) is 3.19. The van der Waals surface area contributed by atoms with Gasteiger partial charge in [-0.3, -0.25) is 0 Å². The van der Waals surface area contributed by atoms with Crippen LogP contribution in [0.4, 0.5) is 0 Å². The Balaban J connectivity index is 3.98. The molecular weight excluding hydrogens is 178 g/mol. The fraction of sp³-hybridized carbons (Fsp3) is 1.00. The van der Waals surface area contributed by atoms with Gasteiger partial charge in [0.2, 0.25) is 0 Å². The van der Waals surface area contributed by atoms with Crippen LogP contribution in [0.3, 0.4) is 0 Å². The molecule has 0 aliphatic carbocycles. The van der Waals surface area contributed by atoms with Gasteiger partial charge in [0, 0.05) is 9.76 Å². The first-order chi connectivity index (χ1) is 4.46. The van der Waals surface area contributed by atoms with Gasteiger partial charge in [0.05, 0.1) is 0 Å². The summed E-state index contributed by atoms with van der Waals surface area (Å²) in [4.78, 5) is 0. The normalized spacial score (nSPS) is 15.6. The SMILES string of the molecule is CC(C)N(C(C)C)[SiH]([SiH3])Cl. The molecule has 1 unspecified atom stereocenters. The molecule has 0 spiro atoms. The smallest absolute Gasteiger partial charge is 0.190 e. The van der Waals surface area contributed by atoms with Gasteiger partial charge in [-0.1, -0.05) is 27.7 Å². The fourth-order valence-corrected chi connectivity index (χ4v) is 7.99. The van der Waals surface area contributed by atoms with E-state index < -0.39 is 7.79 Å². The Bertz CT molecular complexity index is 76.7. The molecule has 4 heteroatoms. The minimum absolute atomic E-state index is 0.631.